The maximum atomic E-state index is 3.94. The minimum absolute atomic E-state index is 1.16. The van der Waals surface area contributed by atoms with Gasteiger partial charge in [0.1, 0.15) is 0 Å². The van der Waals surface area contributed by atoms with Gasteiger partial charge in [-0.15, -0.1) is 0 Å². The van der Waals surface area contributed by atoms with E-state index >= 15 is 0 Å². The Bertz CT molecular complexity index is 172. The van der Waals surface area contributed by atoms with Gasteiger partial charge in [-0.1, -0.05) is 11.7 Å². The average molecular weight is 146 g/mol. The van der Waals surface area contributed by atoms with Gasteiger partial charge in [0, 0.05) is 17.2 Å². The summed E-state index contributed by atoms with van der Waals surface area (Å²) in [6.45, 7) is 1.99. The van der Waals surface area contributed by atoms with Crippen LogP contribution >= 0.6 is 22.6 Å². The Hall–Kier alpha value is -0.0900. The highest BCUT2D eigenvalue weighted by Gasteiger charge is 1.87. The highest BCUT2D eigenvalue weighted by Crippen LogP contribution is 2.08. The molecular formula is C4H6N2S2. The number of thiol groups is 1. The SMILES string of the molecule is Cc1cnn(SS)c1. The third-order valence-electron chi connectivity index (χ3n) is 0.773. The van der Waals surface area contributed by atoms with Crippen LogP contribution in [0.25, 0.3) is 0 Å². The molecular weight excluding hydrogens is 140 g/mol. The number of aromatic nitrogens is 2. The Labute approximate surface area is 57.2 Å². The average Bonchev–Trinajstić information content (AvgIpc) is 2.14. The Kier molecular flexibility index (Phi) is 1.85. The van der Waals surface area contributed by atoms with Crippen LogP contribution in [0.3, 0.4) is 0 Å². The fourth-order valence-corrected chi connectivity index (χ4v) is 1.00. The highest BCUT2D eigenvalue weighted by molar-refractivity contribution is 8.67. The van der Waals surface area contributed by atoms with Crippen molar-refractivity contribution in [2.45, 2.75) is 6.92 Å². The lowest BCUT2D eigenvalue weighted by molar-refractivity contribution is 1.02. The van der Waals surface area contributed by atoms with E-state index in [9.17, 15) is 0 Å². The van der Waals surface area contributed by atoms with E-state index in [1.807, 2.05) is 13.1 Å². The van der Waals surface area contributed by atoms with Gasteiger partial charge in [0.2, 0.25) is 0 Å². The van der Waals surface area contributed by atoms with E-state index in [1.165, 1.54) is 11.0 Å². The van der Waals surface area contributed by atoms with Crippen molar-refractivity contribution in [2.24, 2.45) is 0 Å². The third kappa shape index (κ3) is 1.20. The molecule has 0 radical (unpaired) electrons. The van der Waals surface area contributed by atoms with Gasteiger partial charge in [0.15, 0.2) is 0 Å². The zero-order chi connectivity index (χ0) is 5.98. The smallest absolute Gasteiger partial charge is 0.0529 e. The second-order valence-electron chi connectivity index (χ2n) is 1.50. The van der Waals surface area contributed by atoms with Crippen molar-refractivity contribution < 1.29 is 0 Å². The van der Waals surface area contributed by atoms with Gasteiger partial charge in [0.25, 0.3) is 0 Å². The van der Waals surface area contributed by atoms with Crippen LogP contribution < -0.4 is 0 Å². The number of aryl methyl sites for hydroxylation is 1. The van der Waals surface area contributed by atoms with Crippen LogP contribution in [0.15, 0.2) is 12.4 Å². The summed E-state index contributed by atoms with van der Waals surface area (Å²) in [5, 5.41) is 3.94. The molecule has 0 amide bonds. The molecule has 1 heterocycles. The first kappa shape index (κ1) is 6.04. The molecule has 0 N–H and O–H groups in total. The zero-order valence-corrected chi connectivity index (χ0v) is 6.12. The largest absolute Gasteiger partial charge is 0.203 e. The van der Waals surface area contributed by atoms with Crippen molar-refractivity contribution in [2.75, 3.05) is 0 Å². The maximum absolute atomic E-state index is 3.94. The van der Waals surface area contributed by atoms with E-state index in [-0.39, 0.29) is 0 Å². The molecule has 0 bridgehead atoms. The summed E-state index contributed by atoms with van der Waals surface area (Å²) in [4.78, 5) is 0. The summed E-state index contributed by atoms with van der Waals surface area (Å²) in [5.74, 6) is 0. The van der Waals surface area contributed by atoms with Crippen LogP contribution in [-0.4, -0.2) is 9.19 Å². The first-order valence-electron chi connectivity index (χ1n) is 2.16. The summed E-state index contributed by atoms with van der Waals surface area (Å²) in [5.41, 5.74) is 1.16. The van der Waals surface area contributed by atoms with Crippen LogP contribution in [0.4, 0.5) is 0 Å². The number of nitrogens with zero attached hydrogens (tertiary/aromatic N) is 2. The third-order valence-corrected chi connectivity index (χ3v) is 1.64. The van der Waals surface area contributed by atoms with Gasteiger partial charge in [-0.05, 0) is 12.5 Å². The van der Waals surface area contributed by atoms with E-state index < -0.39 is 0 Å². The predicted molar refractivity (Wildman–Crippen MR) is 38.9 cm³/mol. The topological polar surface area (TPSA) is 17.8 Å². The molecule has 1 rings (SSSR count). The van der Waals surface area contributed by atoms with Gasteiger partial charge < -0.3 is 0 Å². The van der Waals surface area contributed by atoms with Gasteiger partial charge in [-0.25, -0.2) is 4.09 Å². The lowest BCUT2D eigenvalue weighted by Crippen LogP contribution is -1.78. The quantitative estimate of drug-likeness (QED) is 0.478. The summed E-state index contributed by atoms with van der Waals surface area (Å²) >= 11 is 3.94. The van der Waals surface area contributed by atoms with Crippen molar-refractivity contribution in [1.82, 2.24) is 9.19 Å². The van der Waals surface area contributed by atoms with E-state index in [0.29, 0.717) is 0 Å². The van der Waals surface area contributed by atoms with Crippen LogP contribution in [0.5, 0.6) is 0 Å². The van der Waals surface area contributed by atoms with Gasteiger partial charge in [0.05, 0.1) is 6.20 Å². The summed E-state index contributed by atoms with van der Waals surface area (Å²) in [6.07, 6.45) is 3.71. The highest BCUT2D eigenvalue weighted by atomic mass is 33.1. The molecule has 44 valence electrons. The molecule has 0 saturated carbocycles. The van der Waals surface area contributed by atoms with E-state index in [1.54, 1.807) is 10.3 Å². The first-order chi connectivity index (χ1) is 3.83. The van der Waals surface area contributed by atoms with Crippen LogP contribution in [0.1, 0.15) is 5.56 Å². The van der Waals surface area contributed by atoms with E-state index in [0.717, 1.165) is 5.56 Å². The molecule has 0 aliphatic rings. The van der Waals surface area contributed by atoms with Crippen LogP contribution in [0.2, 0.25) is 0 Å². The molecule has 0 unspecified atom stereocenters. The Morgan fingerprint density at radius 1 is 1.88 bits per heavy atom. The number of rotatable bonds is 1. The van der Waals surface area contributed by atoms with Crippen molar-refractivity contribution in [3.8, 4) is 0 Å². The molecule has 1 aromatic rings. The lowest BCUT2D eigenvalue weighted by Gasteiger charge is -1.85. The molecule has 0 fully saturated rings. The fourth-order valence-electron chi connectivity index (χ4n) is 0.433. The van der Waals surface area contributed by atoms with Crippen molar-refractivity contribution in [3.63, 3.8) is 0 Å². The summed E-state index contributed by atoms with van der Waals surface area (Å²) in [7, 11) is 1.29. The molecule has 2 nitrogen and oxygen atoms in total. The van der Waals surface area contributed by atoms with Crippen molar-refractivity contribution in [1.29, 1.82) is 0 Å². The monoisotopic (exact) mass is 146 g/mol. The molecule has 0 aliphatic carbocycles. The summed E-state index contributed by atoms with van der Waals surface area (Å²) in [6, 6.07) is 0. The fraction of sp³-hybridized carbons (Fsp3) is 0.250. The lowest BCUT2D eigenvalue weighted by atomic mass is 10.4. The molecule has 8 heavy (non-hydrogen) atoms. The van der Waals surface area contributed by atoms with Crippen molar-refractivity contribution >= 4 is 22.6 Å². The zero-order valence-electron chi connectivity index (χ0n) is 4.40. The van der Waals surface area contributed by atoms with Gasteiger partial charge in [-0.2, -0.15) is 5.10 Å². The van der Waals surface area contributed by atoms with Crippen molar-refractivity contribution in [3.05, 3.63) is 18.0 Å². The normalized spacial score (nSPS) is 9.75. The number of hydrogen-bond acceptors (Lipinski definition) is 3. The Morgan fingerprint density at radius 3 is 2.88 bits per heavy atom. The molecule has 4 heteroatoms. The minimum Gasteiger partial charge on any atom is -0.203 e. The second-order valence-corrected chi connectivity index (χ2v) is 2.53. The molecule has 0 atom stereocenters. The standard InChI is InChI=1S/C4H6N2S2/c1-4-2-5-6(3-4)8-7/h2-3,7H,1H3. The van der Waals surface area contributed by atoms with Crippen LogP contribution in [0, 0.1) is 6.92 Å². The van der Waals surface area contributed by atoms with E-state index in [4.69, 9.17) is 0 Å². The number of hydrogen-bond donors (Lipinski definition) is 1. The second kappa shape index (κ2) is 2.46. The minimum atomic E-state index is 1.16. The Balaban J connectivity index is 2.84. The predicted octanol–water partition coefficient (Wildman–Crippen LogP) is 1.53. The molecule has 1 aromatic heterocycles. The first-order valence-corrected chi connectivity index (χ1v) is 3.98. The maximum Gasteiger partial charge on any atom is 0.0529 e. The Morgan fingerprint density at radius 2 is 2.62 bits per heavy atom. The van der Waals surface area contributed by atoms with E-state index in [2.05, 4.69) is 16.8 Å². The molecule has 0 aromatic carbocycles. The van der Waals surface area contributed by atoms with Gasteiger partial charge >= 0.3 is 0 Å². The molecule has 0 saturated heterocycles. The molecule has 0 spiro atoms. The van der Waals surface area contributed by atoms with Gasteiger partial charge in [-0.3, -0.25) is 0 Å². The summed E-state index contributed by atoms with van der Waals surface area (Å²) < 4.78 is 1.69. The van der Waals surface area contributed by atoms with Crippen LogP contribution in [-0.2, 0) is 0 Å². The molecule has 0 aliphatic heterocycles.